The van der Waals surface area contributed by atoms with Gasteiger partial charge in [-0.25, -0.2) is 4.98 Å². The maximum absolute atomic E-state index is 10.9. The minimum absolute atomic E-state index is 0.0957. The number of anilines is 1. The zero-order chi connectivity index (χ0) is 14.5. The van der Waals surface area contributed by atoms with Crippen molar-refractivity contribution in [3.63, 3.8) is 0 Å². The van der Waals surface area contributed by atoms with Crippen molar-refractivity contribution in [2.45, 2.75) is 20.3 Å². The van der Waals surface area contributed by atoms with Gasteiger partial charge >= 0.3 is 0 Å². The quantitative estimate of drug-likeness (QED) is 0.669. The normalized spacial score (nSPS) is 10.3. The number of benzene rings is 1. The van der Waals surface area contributed by atoms with Crippen LogP contribution < -0.4 is 5.32 Å². The first kappa shape index (κ1) is 14.0. The van der Waals surface area contributed by atoms with E-state index in [1.807, 2.05) is 12.1 Å². The van der Waals surface area contributed by atoms with E-state index in [1.165, 1.54) is 23.4 Å². The Kier molecular flexibility index (Phi) is 4.30. The van der Waals surface area contributed by atoms with Crippen LogP contribution in [0.25, 0.3) is 0 Å². The molecule has 1 aromatic heterocycles. The third-order valence-electron chi connectivity index (χ3n) is 3.23. The molecule has 5 nitrogen and oxygen atoms in total. The molecule has 0 bridgehead atoms. The highest BCUT2D eigenvalue weighted by molar-refractivity contribution is 5.49. The van der Waals surface area contributed by atoms with Crippen LogP contribution in [0.4, 0.5) is 11.5 Å². The Balaban J connectivity index is 2.00. The summed E-state index contributed by atoms with van der Waals surface area (Å²) in [7, 11) is 0. The molecular formula is C15H17N3O2. The smallest absolute Gasteiger partial charge is 0.277 e. The van der Waals surface area contributed by atoms with Gasteiger partial charge in [-0.1, -0.05) is 24.3 Å². The summed E-state index contributed by atoms with van der Waals surface area (Å²) in [6.07, 6.45) is 2.38. The van der Waals surface area contributed by atoms with Gasteiger partial charge in [-0.05, 0) is 31.4 Å². The van der Waals surface area contributed by atoms with E-state index in [4.69, 9.17) is 0 Å². The Bertz CT molecular complexity index is 626. The SMILES string of the molecule is Cc1ccccc1CCNc1cc([N+](=O)[O-])c(C)cn1. The van der Waals surface area contributed by atoms with E-state index in [2.05, 4.69) is 29.4 Å². The predicted molar refractivity (Wildman–Crippen MR) is 79.0 cm³/mol. The highest BCUT2D eigenvalue weighted by Gasteiger charge is 2.11. The van der Waals surface area contributed by atoms with Crippen molar-refractivity contribution in [1.29, 1.82) is 0 Å². The molecule has 0 aliphatic carbocycles. The summed E-state index contributed by atoms with van der Waals surface area (Å²) in [5, 5.41) is 14.0. The monoisotopic (exact) mass is 271 g/mol. The Hall–Kier alpha value is -2.43. The fourth-order valence-electron chi connectivity index (χ4n) is 2.02. The molecule has 0 atom stereocenters. The molecule has 0 spiro atoms. The van der Waals surface area contributed by atoms with Crippen LogP contribution in [0.2, 0.25) is 0 Å². The molecule has 104 valence electrons. The second-order valence-corrected chi connectivity index (χ2v) is 4.72. The number of aryl methyl sites for hydroxylation is 2. The van der Waals surface area contributed by atoms with Gasteiger partial charge in [0.1, 0.15) is 5.82 Å². The molecule has 1 N–H and O–H groups in total. The van der Waals surface area contributed by atoms with Gasteiger partial charge in [0.2, 0.25) is 0 Å². The molecule has 2 rings (SSSR count). The summed E-state index contributed by atoms with van der Waals surface area (Å²) in [6, 6.07) is 9.66. The molecule has 0 aliphatic heterocycles. The maximum atomic E-state index is 10.9. The first-order valence-electron chi connectivity index (χ1n) is 6.47. The molecule has 5 heteroatoms. The molecule has 0 saturated carbocycles. The molecule has 2 aromatic rings. The Morgan fingerprint density at radius 2 is 2.00 bits per heavy atom. The standard InChI is InChI=1S/C15H17N3O2/c1-11-5-3-4-6-13(11)7-8-16-15-9-14(18(19)20)12(2)10-17-15/h3-6,9-10H,7-8H2,1-2H3,(H,16,17). The molecule has 0 fully saturated rings. The number of pyridine rings is 1. The average Bonchev–Trinajstić information content (AvgIpc) is 2.42. The van der Waals surface area contributed by atoms with Gasteiger partial charge in [0.15, 0.2) is 0 Å². The Morgan fingerprint density at radius 1 is 1.25 bits per heavy atom. The van der Waals surface area contributed by atoms with Crippen LogP contribution in [0.1, 0.15) is 16.7 Å². The van der Waals surface area contributed by atoms with E-state index >= 15 is 0 Å². The summed E-state index contributed by atoms with van der Waals surface area (Å²) in [5.41, 5.74) is 3.18. The van der Waals surface area contributed by atoms with Gasteiger partial charge in [0, 0.05) is 18.3 Å². The minimum atomic E-state index is -0.385. The fraction of sp³-hybridized carbons (Fsp3) is 0.267. The summed E-state index contributed by atoms with van der Waals surface area (Å²) in [5.74, 6) is 0.538. The molecule has 0 aliphatic rings. The third-order valence-corrected chi connectivity index (χ3v) is 3.23. The molecule has 1 heterocycles. The lowest BCUT2D eigenvalue weighted by atomic mass is 10.1. The second-order valence-electron chi connectivity index (χ2n) is 4.72. The lowest BCUT2D eigenvalue weighted by molar-refractivity contribution is -0.385. The molecular weight excluding hydrogens is 254 g/mol. The number of nitrogens with zero attached hydrogens (tertiary/aromatic N) is 2. The zero-order valence-electron chi connectivity index (χ0n) is 11.6. The van der Waals surface area contributed by atoms with Crippen molar-refractivity contribution in [1.82, 2.24) is 4.98 Å². The summed E-state index contributed by atoms with van der Waals surface area (Å²) in [6.45, 7) is 4.45. The van der Waals surface area contributed by atoms with Crippen molar-refractivity contribution in [2.24, 2.45) is 0 Å². The van der Waals surface area contributed by atoms with E-state index in [0.29, 0.717) is 17.9 Å². The van der Waals surface area contributed by atoms with Gasteiger partial charge in [0.05, 0.1) is 11.0 Å². The van der Waals surface area contributed by atoms with Crippen LogP contribution >= 0.6 is 0 Å². The van der Waals surface area contributed by atoms with Crippen molar-refractivity contribution < 1.29 is 4.92 Å². The van der Waals surface area contributed by atoms with E-state index in [0.717, 1.165) is 6.42 Å². The largest absolute Gasteiger partial charge is 0.370 e. The molecule has 0 saturated heterocycles. The van der Waals surface area contributed by atoms with Crippen molar-refractivity contribution in [3.8, 4) is 0 Å². The lowest BCUT2D eigenvalue weighted by Crippen LogP contribution is -2.07. The van der Waals surface area contributed by atoms with Crippen molar-refractivity contribution >= 4 is 11.5 Å². The van der Waals surface area contributed by atoms with Crippen LogP contribution in [0, 0.1) is 24.0 Å². The topological polar surface area (TPSA) is 68.1 Å². The van der Waals surface area contributed by atoms with E-state index in [1.54, 1.807) is 6.92 Å². The van der Waals surface area contributed by atoms with Crippen molar-refractivity contribution in [3.05, 3.63) is 63.3 Å². The molecule has 1 aromatic carbocycles. The van der Waals surface area contributed by atoms with Gasteiger partial charge in [-0.15, -0.1) is 0 Å². The number of aromatic nitrogens is 1. The molecule has 20 heavy (non-hydrogen) atoms. The lowest BCUT2D eigenvalue weighted by Gasteiger charge is -2.08. The first-order chi connectivity index (χ1) is 9.58. The van der Waals surface area contributed by atoms with E-state index in [-0.39, 0.29) is 10.6 Å². The fourth-order valence-corrected chi connectivity index (χ4v) is 2.02. The summed E-state index contributed by atoms with van der Waals surface area (Å²) >= 11 is 0. The molecule has 0 radical (unpaired) electrons. The molecule has 0 amide bonds. The van der Waals surface area contributed by atoms with Crippen LogP contribution in [-0.4, -0.2) is 16.5 Å². The third kappa shape index (κ3) is 3.32. The Morgan fingerprint density at radius 3 is 2.70 bits per heavy atom. The maximum Gasteiger partial charge on any atom is 0.277 e. The van der Waals surface area contributed by atoms with Crippen LogP contribution in [0.5, 0.6) is 0 Å². The van der Waals surface area contributed by atoms with E-state index in [9.17, 15) is 10.1 Å². The minimum Gasteiger partial charge on any atom is -0.370 e. The van der Waals surface area contributed by atoms with E-state index < -0.39 is 0 Å². The average molecular weight is 271 g/mol. The number of hydrogen-bond donors (Lipinski definition) is 1. The van der Waals surface area contributed by atoms with Crippen LogP contribution in [-0.2, 0) is 6.42 Å². The number of nitro groups is 1. The summed E-state index contributed by atoms with van der Waals surface area (Å²) < 4.78 is 0. The Labute approximate surface area is 117 Å². The first-order valence-corrected chi connectivity index (χ1v) is 6.47. The van der Waals surface area contributed by atoms with Crippen molar-refractivity contribution in [2.75, 3.05) is 11.9 Å². The summed E-state index contributed by atoms with van der Waals surface area (Å²) in [4.78, 5) is 14.6. The predicted octanol–water partition coefficient (Wildman–Crippen LogP) is 3.26. The highest BCUT2D eigenvalue weighted by atomic mass is 16.6. The van der Waals surface area contributed by atoms with Crippen LogP contribution in [0.3, 0.4) is 0 Å². The zero-order valence-corrected chi connectivity index (χ0v) is 11.6. The van der Waals surface area contributed by atoms with Gasteiger partial charge in [0.25, 0.3) is 5.69 Å². The highest BCUT2D eigenvalue weighted by Crippen LogP contribution is 2.19. The molecule has 0 unspecified atom stereocenters. The van der Waals surface area contributed by atoms with Gasteiger partial charge < -0.3 is 5.32 Å². The number of hydrogen-bond acceptors (Lipinski definition) is 4. The van der Waals surface area contributed by atoms with Gasteiger partial charge in [-0.2, -0.15) is 0 Å². The number of rotatable bonds is 5. The number of nitrogens with one attached hydrogen (secondary N) is 1. The van der Waals surface area contributed by atoms with Gasteiger partial charge in [-0.3, -0.25) is 10.1 Å². The second kappa shape index (κ2) is 6.14. The van der Waals surface area contributed by atoms with Crippen LogP contribution in [0.15, 0.2) is 36.5 Å².